The third-order valence-corrected chi connectivity index (χ3v) is 5.98. The van der Waals surface area contributed by atoms with E-state index in [4.69, 9.17) is 4.74 Å². The molecule has 0 radical (unpaired) electrons. The topological polar surface area (TPSA) is 58.6 Å². The second kappa shape index (κ2) is 14.1. The first-order chi connectivity index (χ1) is 17.4. The van der Waals surface area contributed by atoms with Gasteiger partial charge in [-0.3, -0.25) is 9.59 Å². The van der Waals surface area contributed by atoms with Gasteiger partial charge in [-0.1, -0.05) is 92.2 Å². The number of carbonyl (C=O) groups is 2. The van der Waals surface area contributed by atoms with Crippen molar-refractivity contribution in [2.24, 2.45) is 5.92 Å². The predicted molar refractivity (Wildman–Crippen MR) is 145 cm³/mol. The van der Waals surface area contributed by atoms with Crippen molar-refractivity contribution in [1.29, 1.82) is 0 Å². The van der Waals surface area contributed by atoms with Crippen molar-refractivity contribution in [1.82, 2.24) is 10.2 Å². The van der Waals surface area contributed by atoms with Crippen LogP contribution in [0.5, 0.6) is 5.75 Å². The fourth-order valence-electron chi connectivity index (χ4n) is 3.95. The minimum absolute atomic E-state index is 0.0491. The molecule has 0 saturated heterocycles. The van der Waals surface area contributed by atoms with E-state index in [1.807, 2.05) is 91.9 Å². The number of ether oxygens (including phenoxy) is 1. The summed E-state index contributed by atoms with van der Waals surface area (Å²) in [6, 6.07) is 27.0. The Morgan fingerprint density at radius 3 is 2.08 bits per heavy atom. The summed E-state index contributed by atoms with van der Waals surface area (Å²) in [5.41, 5.74) is 3.20. The van der Waals surface area contributed by atoms with Gasteiger partial charge >= 0.3 is 0 Å². The molecule has 0 aliphatic heterocycles. The zero-order valence-electron chi connectivity index (χ0n) is 21.7. The first-order valence-corrected chi connectivity index (χ1v) is 12.8. The van der Waals surface area contributed by atoms with Gasteiger partial charge in [0.15, 0.2) is 0 Å². The molecule has 0 bridgehead atoms. The van der Waals surface area contributed by atoms with Gasteiger partial charge in [0.1, 0.15) is 11.8 Å². The number of amides is 2. The lowest BCUT2D eigenvalue weighted by Gasteiger charge is -2.32. The highest BCUT2D eigenvalue weighted by molar-refractivity contribution is 5.88. The first-order valence-electron chi connectivity index (χ1n) is 12.8. The lowest BCUT2D eigenvalue weighted by Crippen LogP contribution is -2.51. The SMILES string of the molecule is Cc1ccc(OCCCC(=O)N(Cc2ccccc2)[C@@H](Cc2ccccc2)C(=O)NCC(C)C)cc1. The number of nitrogens with zero attached hydrogens (tertiary/aromatic N) is 1. The van der Waals surface area contributed by atoms with Crippen molar-refractivity contribution in [2.75, 3.05) is 13.2 Å². The molecule has 3 aromatic carbocycles. The van der Waals surface area contributed by atoms with E-state index in [1.165, 1.54) is 5.56 Å². The molecule has 0 aliphatic rings. The van der Waals surface area contributed by atoms with E-state index in [0.29, 0.717) is 44.9 Å². The number of hydrogen-bond acceptors (Lipinski definition) is 3. The third-order valence-electron chi connectivity index (χ3n) is 5.98. The molecule has 0 aliphatic carbocycles. The van der Waals surface area contributed by atoms with Crippen LogP contribution in [-0.2, 0) is 22.6 Å². The third kappa shape index (κ3) is 8.88. The molecule has 0 spiro atoms. The molecule has 190 valence electrons. The van der Waals surface area contributed by atoms with Crippen LogP contribution in [0.2, 0.25) is 0 Å². The van der Waals surface area contributed by atoms with Crippen LogP contribution in [-0.4, -0.2) is 35.9 Å². The molecule has 1 atom stereocenters. The molecule has 2 amide bonds. The van der Waals surface area contributed by atoms with E-state index in [9.17, 15) is 9.59 Å². The van der Waals surface area contributed by atoms with Crippen LogP contribution in [0, 0.1) is 12.8 Å². The lowest BCUT2D eigenvalue weighted by molar-refractivity contribution is -0.141. The Labute approximate surface area is 215 Å². The molecule has 0 aromatic heterocycles. The lowest BCUT2D eigenvalue weighted by atomic mass is 10.0. The smallest absolute Gasteiger partial charge is 0.243 e. The number of aryl methyl sites for hydroxylation is 1. The van der Waals surface area contributed by atoms with Gasteiger partial charge in [0.25, 0.3) is 0 Å². The van der Waals surface area contributed by atoms with E-state index in [0.717, 1.165) is 16.9 Å². The van der Waals surface area contributed by atoms with E-state index in [1.54, 1.807) is 4.90 Å². The van der Waals surface area contributed by atoms with Crippen molar-refractivity contribution in [3.8, 4) is 5.75 Å². The molecular weight excluding hydrogens is 448 g/mol. The average molecular weight is 487 g/mol. The van der Waals surface area contributed by atoms with Gasteiger partial charge in [-0.25, -0.2) is 0 Å². The molecular formula is C31H38N2O3. The maximum absolute atomic E-state index is 13.6. The first kappa shape index (κ1) is 27.0. The summed E-state index contributed by atoms with van der Waals surface area (Å²) in [4.78, 5) is 28.7. The number of benzene rings is 3. The highest BCUT2D eigenvalue weighted by Gasteiger charge is 2.30. The number of carbonyl (C=O) groups excluding carboxylic acids is 2. The molecule has 5 heteroatoms. The van der Waals surface area contributed by atoms with Gasteiger partial charge in [-0.15, -0.1) is 0 Å². The fraction of sp³-hybridized carbons (Fsp3) is 0.355. The van der Waals surface area contributed by atoms with Crippen LogP contribution in [0.3, 0.4) is 0 Å². The van der Waals surface area contributed by atoms with Crippen LogP contribution in [0.15, 0.2) is 84.9 Å². The van der Waals surface area contributed by atoms with Crippen LogP contribution >= 0.6 is 0 Å². The summed E-state index contributed by atoms with van der Waals surface area (Å²) in [6.07, 6.45) is 1.34. The van der Waals surface area contributed by atoms with Crippen LogP contribution in [0.1, 0.15) is 43.4 Å². The van der Waals surface area contributed by atoms with Crippen molar-refractivity contribution in [3.05, 3.63) is 102 Å². The molecule has 3 aromatic rings. The summed E-state index contributed by atoms with van der Waals surface area (Å²) in [5, 5.41) is 3.06. The Kier molecular flexibility index (Phi) is 10.6. The largest absolute Gasteiger partial charge is 0.494 e. The number of hydrogen-bond donors (Lipinski definition) is 1. The second-order valence-corrected chi connectivity index (χ2v) is 9.62. The molecule has 0 saturated carbocycles. The van der Waals surface area contributed by atoms with Crippen LogP contribution in [0.4, 0.5) is 0 Å². The Morgan fingerprint density at radius 2 is 1.47 bits per heavy atom. The molecule has 0 fully saturated rings. The van der Waals surface area contributed by atoms with Gasteiger partial charge in [0, 0.05) is 25.9 Å². The molecule has 3 rings (SSSR count). The van der Waals surface area contributed by atoms with Gasteiger partial charge in [-0.05, 0) is 42.5 Å². The van der Waals surface area contributed by atoms with E-state index in [2.05, 4.69) is 19.2 Å². The van der Waals surface area contributed by atoms with Crippen molar-refractivity contribution in [3.63, 3.8) is 0 Å². The predicted octanol–water partition coefficient (Wildman–Crippen LogP) is 5.57. The van der Waals surface area contributed by atoms with E-state index in [-0.39, 0.29) is 11.8 Å². The summed E-state index contributed by atoms with van der Waals surface area (Å²) >= 11 is 0. The monoisotopic (exact) mass is 486 g/mol. The van der Waals surface area contributed by atoms with Crippen molar-refractivity contribution >= 4 is 11.8 Å². The highest BCUT2D eigenvalue weighted by Crippen LogP contribution is 2.17. The Morgan fingerprint density at radius 1 is 0.861 bits per heavy atom. The fourth-order valence-corrected chi connectivity index (χ4v) is 3.95. The Hall–Kier alpha value is -3.60. The maximum atomic E-state index is 13.6. The molecule has 5 nitrogen and oxygen atoms in total. The average Bonchev–Trinajstić information content (AvgIpc) is 2.89. The van der Waals surface area contributed by atoms with Gasteiger partial charge in [0.05, 0.1) is 6.61 Å². The quantitative estimate of drug-likeness (QED) is 0.322. The number of rotatable bonds is 13. The Bertz CT molecular complexity index is 1070. The van der Waals surface area contributed by atoms with Crippen LogP contribution in [0.25, 0.3) is 0 Å². The van der Waals surface area contributed by atoms with E-state index < -0.39 is 6.04 Å². The van der Waals surface area contributed by atoms with Crippen molar-refractivity contribution < 1.29 is 14.3 Å². The van der Waals surface area contributed by atoms with Gasteiger partial charge < -0.3 is 15.0 Å². The number of nitrogens with one attached hydrogen (secondary N) is 1. The summed E-state index contributed by atoms with van der Waals surface area (Å²) < 4.78 is 5.83. The van der Waals surface area contributed by atoms with E-state index >= 15 is 0 Å². The van der Waals surface area contributed by atoms with Crippen LogP contribution < -0.4 is 10.1 Å². The molecule has 0 heterocycles. The minimum atomic E-state index is -0.600. The normalized spacial score (nSPS) is 11.7. The zero-order chi connectivity index (χ0) is 25.8. The molecule has 0 unspecified atom stereocenters. The molecule has 1 N–H and O–H groups in total. The van der Waals surface area contributed by atoms with Crippen molar-refractivity contribution in [2.45, 2.75) is 52.6 Å². The van der Waals surface area contributed by atoms with Gasteiger partial charge in [-0.2, -0.15) is 0 Å². The second-order valence-electron chi connectivity index (χ2n) is 9.62. The van der Waals surface area contributed by atoms with Gasteiger partial charge in [0.2, 0.25) is 11.8 Å². The zero-order valence-corrected chi connectivity index (χ0v) is 21.7. The Balaban J connectivity index is 1.75. The summed E-state index contributed by atoms with van der Waals surface area (Å²) in [6.45, 7) is 7.55. The summed E-state index contributed by atoms with van der Waals surface area (Å²) in [5.74, 6) is 0.951. The highest BCUT2D eigenvalue weighted by atomic mass is 16.5. The standard InChI is InChI=1S/C31H38N2O3/c1-24(2)22-32-31(35)29(21-26-11-6-4-7-12-26)33(23-27-13-8-5-9-14-27)30(34)15-10-20-36-28-18-16-25(3)17-19-28/h4-9,11-14,16-19,24,29H,10,15,20-23H2,1-3H3,(H,32,35)/t29-/m0/s1. The minimum Gasteiger partial charge on any atom is -0.494 e. The summed E-state index contributed by atoms with van der Waals surface area (Å²) in [7, 11) is 0. The molecule has 36 heavy (non-hydrogen) atoms. The maximum Gasteiger partial charge on any atom is 0.243 e.